The van der Waals surface area contributed by atoms with Crippen LogP contribution in [0.3, 0.4) is 0 Å². The van der Waals surface area contributed by atoms with Crippen molar-refractivity contribution in [1.29, 1.82) is 0 Å². The summed E-state index contributed by atoms with van der Waals surface area (Å²) >= 11 is 0. The Labute approximate surface area is 137 Å². The molecule has 2 rings (SSSR count). The first kappa shape index (κ1) is 17.7. The molecule has 1 aliphatic rings. The van der Waals surface area contributed by atoms with Crippen LogP contribution in [0, 0.1) is 12.7 Å². The lowest BCUT2D eigenvalue weighted by Crippen LogP contribution is -2.49. The van der Waals surface area contributed by atoms with Crippen molar-refractivity contribution in [2.24, 2.45) is 0 Å². The number of carbonyl (C=O) groups is 1. The summed E-state index contributed by atoms with van der Waals surface area (Å²) in [6.07, 6.45) is 0.693. The minimum atomic E-state index is -0.228. The second-order valence-electron chi connectivity index (χ2n) is 5.95. The number of hydrogen-bond acceptors (Lipinski definition) is 3. The zero-order valence-electron chi connectivity index (χ0n) is 13.9. The van der Waals surface area contributed by atoms with E-state index in [1.807, 2.05) is 6.92 Å². The number of hydrogen-bond donors (Lipinski definition) is 2. The van der Waals surface area contributed by atoms with Crippen molar-refractivity contribution in [1.82, 2.24) is 15.5 Å². The Kier molecular flexibility index (Phi) is 6.80. The molecule has 1 atom stereocenters. The van der Waals surface area contributed by atoms with E-state index in [1.165, 1.54) is 12.1 Å². The average Bonchev–Trinajstić information content (AvgIpc) is 2.55. The molecule has 2 N–H and O–H groups in total. The lowest BCUT2D eigenvalue weighted by atomic mass is 10.1. The molecule has 0 bridgehead atoms. The van der Waals surface area contributed by atoms with Gasteiger partial charge < -0.3 is 15.4 Å². The van der Waals surface area contributed by atoms with Crippen molar-refractivity contribution in [2.45, 2.75) is 26.3 Å². The van der Waals surface area contributed by atoms with E-state index >= 15 is 0 Å². The van der Waals surface area contributed by atoms with Crippen LogP contribution in [0.5, 0.6) is 0 Å². The molecule has 0 saturated carbocycles. The maximum Gasteiger partial charge on any atom is 0.314 e. The quantitative estimate of drug-likeness (QED) is 0.838. The van der Waals surface area contributed by atoms with E-state index in [9.17, 15) is 9.18 Å². The fourth-order valence-corrected chi connectivity index (χ4v) is 2.70. The molecule has 2 amide bonds. The number of urea groups is 1. The Morgan fingerprint density at radius 2 is 2.09 bits per heavy atom. The van der Waals surface area contributed by atoms with Crippen molar-refractivity contribution in [3.8, 4) is 0 Å². The van der Waals surface area contributed by atoms with Crippen LogP contribution in [-0.4, -0.2) is 56.4 Å². The highest BCUT2D eigenvalue weighted by Gasteiger charge is 2.17. The van der Waals surface area contributed by atoms with Gasteiger partial charge >= 0.3 is 6.03 Å². The number of halogens is 1. The van der Waals surface area contributed by atoms with E-state index in [0.717, 1.165) is 37.4 Å². The predicted molar refractivity (Wildman–Crippen MR) is 88.1 cm³/mol. The smallest absolute Gasteiger partial charge is 0.314 e. The van der Waals surface area contributed by atoms with Gasteiger partial charge in [-0.2, -0.15) is 0 Å². The molecule has 1 fully saturated rings. The van der Waals surface area contributed by atoms with Crippen molar-refractivity contribution in [3.63, 3.8) is 0 Å². The zero-order valence-corrected chi connectivity index (χ0v) is 13.9. The molecule has 0 unspecified atom stereocenters. The average molecular weight is 323 g/mol. The van der Waals surface area contributed by atoms with Crippen LogP contribution in [0.15, 0.2) is 18.2 Å². The highest BCUT2D eigenvalue weighted by molar-refractivity contribution is 5.73. The molecule has 23 heavy (non-hydrogen) atoms. The maximum absolute atomic E-state index is 13.0. The van der Waals surface area contributed by atoms with Crippen LogP contribution < -0.4 is 10.6 Å². The van der Waals surface area contributed by atoms with Crippen molar-refractivity contribution in [3.05, 3.63) is 35.1 Å². The van der Waals surface area contributed by atoms with E-state index in [0.29, 0.717) is 25.6 Å². The minimum absolute atomic E-state index is 0.162. The van der Waals surface area contributed by atoms with E-state index < -0.39 is 0 Å². The van der Waals surface area contributed by atoms with Gasteiger partial charge in [-0.25, -0.2) is 9.18 Å². The first-order valence-corrected chi connectivity index (χ1v) is 8.15. The molecular weight excluding hydrogens is 297 g/mol. The summed E-state index contributed by atoms with van der Waals surface area (Å²) in [5.41, 5.74) is 1.96. The molecule has 1 saturated heterocycles. The zero-order chi connectivity index (χ0) is 16.7. The Balaban J connectivity index is 1.64. The van der Waals surface area contributed by atoms with Gasteiger partial charge in [0.25, 0.3) is 0 Å². The van der Waals surface area contributed by atoms with Crippen LogP contribution in [0.1, 0.15) is 18.1 Å². The van der Waals surface area contributed by atoms with E-state index in [2.05, 4.69) is 22.5 Å². The van der Waals surface area contributed by atoms with Gasteiger partial charge in [-0.15, -0.1) is 0 Å². The van der Waals surface area contributed by atoms with E-state index in [1.54, 1.807) is 6.07 Å². The topological polar surface area (TPSA) is 53.6 Å². The summed E-state index contributed by atoms with van der Waals surface area (Å²) in [5.74, 6) is -0.228. The molecule has 0 aliphatic carbocycles. The van der Waals surface area contributed by atoms with Gasteiger partial charge in [-0.3, -0.25) is 4.90 Å². The predicted octanol–water partition coefficient (Wildman–Crippen LogP) is 1.70. The number of nitrogens with zero attached hydrogens (tertiary/aromatic N) is 1. The molecule has 1 heterocycles. The number of benzene rings is 1. The monoisotopic (exact) mass is 323 g/mol. The van der Waals surface area contributed by atoms with E-state index in [-0.39, 0.29) is 11.8 Å². The maximum atomic E-state index is 13.0. The van der Waals surface area contributed by atoms with Crippen LogP contribution in [0.4, 0.5) is 9.18 Å². The van der Waals surface area contributed by atoms with Gasteiger partial charge in [0.1, 0.15) is 5.82 Å². The van der Waals surface area contributed by atoms with Gasteiger partial charge in [0, 0.05) is 32.2 Å². The van der Waals surface area contributed by atoms with Gasteiger partial charge in [0.2, 0.25) is 0 Å². The first-order valence-electron chi connectivity index (χ1n) is 8.15. The van der Waals surface area contributed by atoms with Gasteiger partial charge in [0.15, 0.2) is 0 Å². The highest BCUT2D eigenvalue weighted by atomic mass is 19.1. The molecule has 1 aromatic rings. The fourth-order valence-electron chi connectivity index (χ4n) is 2.70. The molecule has 0 spiro atoms. The first-order chi connectivity index (χ1) is 11.1. The molecule has 0 aromatic heterocycles. The molecule has 1 aliphatic heterocycles. The summed E-state index contributed by atoms with van der Waals surface area (Å²) in [4.78, 5) is 14.1. The second kappa shape index (κ2) is 8.84. The molecule has 6 heteroatoms. The SMILES string of the molecule is Cc1cc(F)ccc1CCNC(=O)NC[C@@H](C)N1CCOCC1. The highest BCUT2D eigenvalue weighted by Crippen LogP contribution is 2.10. The Morgan fingerprint density at radius 3 is 2.78 bits per heavy atom. The van der Waals surface area contributed by atoms with Crippen LogP contribution >= 0.6 is 0 Å². The molecule has 5 nitrogen and oxygen atoms in total. The summed E-state index contributed by atoms with van der Waals surface area (Å²) in [6.45, 7) is 8.46. The number of nitrogens with one attached hydrogen (secondary N) is 2. The van der Waals surface area contributed by atoms with Gasteiger partial charge in [-0.1, -0.05) is 6.07 Å². The van der Waals surface area contributed by atoms with Crippen LogP contribution in [-0.2, 0) is 11.2 Å². The third-order valence-corrected chi connectivity index (χ3v) is 4.21. The molecule has 128 valence electrons. The summed E-state index contributed by atoms with van der Waals surface area (Å²) in [7, 11) is 0. The second-order valence-corrected chi connectivity index (χ2v) is 5.95. The standard InChI is InChI=1S/C17H26FN3O2/c1-13-11-16(18)4-3-15(13)5-6-19-17(22)20-12-14(2)21-7-9-23-10-8-21/h3-4,11,14H,5-10,12H2,1-2H3,(H2,19,20,22)/t14-/m1/s1. The largest absolute Gasteiger partial charge is 0.379 e. The number of morpholine rings is 1. The van der Waals surface area contributed by atoms with Gasteiger partial charge in [-0.05, 0) is 43.5 Å². The van der Waals surface area contributed by atoms with Gasteiger partial charge in [0.05, 0.1) is 13.2 Å². The normalized spacial score (nSPS) is 16.8. The van der Waals surface area contributed by atoms with Crippen molar-refractivity contribution < 1.29 is 13.9 Å². The molecule has 0 radical (unpaired) electrons. The number of aryl methyl sites for hydroxylation is 1. The number of carbonyl (C=O) groups excluding carboxylic acids is 1. The van der Waals surface area contributed by atoms with Crippen molar-refractivity contribution in [2.75, 3.05) is 39.4 Å². The molecule has 1 aromatic carbocycles. The minimum Gasteiger partial charge on any atom is -0.379 e. The fraction of sp³-hybridized carbons (Fsp3) is 0.588. The number of ether oxygens (including phenoxy) is 1. The van der Waals surface area contributed by atoms with E-state index in [4.69, 9.17) is 4.74 Å². The lowest BCUT2D eigenvalue weighted by molar-refractivity contribution is 0.0209. The number of rotatable bonds is 6. The Morgan fingerprint density at radius 1 is 1.35 bits per heavy atom. The number of amides is 2. The van der Waals surface area contributed by atoms with Crippen LogP contribution in [0.2, 0.25) is 0 Å². The third kappa shape index (κ3) is 5.80. The lowest BCUT2D eigenvalue weighted by Gasteiger charge is -2.32. The summed E-state index contributed by atoms with van der Waals surface area (Å²) in [5, 5.41) is 5.74. The Hall–Kier alpha value is -1.66. The van der Waals surface area contributed by atoms with Crippen molar-refractivity contribution >= 4 is 6.03 Å². The Bertz CT molecular complexity index is 519. The van der Waals surface area contributed by atoms with Crippen LogP contribution in [0.25, 0.3) is 0 Å². The summed E-state index contributed by atoms with van der Waals surface area (Å²) < 4.78 is 18.4. The summed E-state index contributed by atoms with van der Waals surface area (Å²) in [6, 6.07) is 4.87. The molecular formula is C17H26FN3O2. The third-order valence-electron chi connectivity index (χ3n) is 4.21.